The van der Waals surface area contributed by atoms with E-state index in [9.17, 15) is 19.7 Å². The second kappa shape index (κ2) is 10.2. The van der Waals surface area contributed by atoms with Crippen LogP contribution in [0.15, 0.2) is 12.1 Å². The zero-order valence-corrected chi connectivity index (χ0v) is 15.5. The Bertz CT molecular complexity index is 662. The predicted molar refractivity (Wildman–Crippen MR) is 95.7 cm³/mol. The molecule has 1 unspecified atom stereocenters. The predicted octanol–water partition coefficient (Wildman–Crippen LogP) is 2.04. The van der Waals surface area contributed by atoms with Gasteiger partial charge >= 0.3 is 0 Å². The summed E-state index contributed by atoms with van der Waals surface area (Å²) >= 11 is 0. The maximum absolute atomic E-state index is 12.3. The van der Waals surface area contributed by atoms with Gasteiger partial charge in [0.15, 0.2) is 11.5 Å². The molecule has 1 rings (SSSR count). The van der Waals surface area contributed by atoms with Crippen molar-refractivity contribution in [2.24, 2.45) is 0 Å². The highest BCUT2D eigenvalue weighted by atomic mass is 16.6. The van der Waals surface area contributed by atoms with E-state index in [1.165, 1.54) is 13.2 Å². The van der Waals surface area contributed by atoms with Crippen molar-refractivity contribution < 1.29 is 24.0 Å². The molecule has 26 heavy (non-hydrogen) atoms. The van der Waals surface area contributed by atoms with Gasteiger partial charge in [-0.1, -0.05) is 6.92 Å². The molecule has 1 atom stereocenters. The summed E-state index contributed by atoms with van der Waals surface area (Å²) in [4.78, 5) is 34.7. The molecule has 0 fully saturated rings. The van der Waals surface area contributed by atoms with Crippen LogP contribution >= 0.6 is 0 Å². The first-order chi connectivity index (χ1) is 12.3. The van der Waals surface area contributed by atoms with Crippen molar-refractivity contribution in [3.8, 4) is 11.5 Å². The normalized spacial score (nSPS) is 11.4. The number of hydrogen-bond acceptors (Lipinski definition) is 6. The van der Waals surface area contributed by atoms with E-state index in [1.54, 1.807) is 6.92 Å². The number of carbonyl (C=O) groups is 2. The molecule has 0 radical (unpaired) electrons. The number of methoxy groups -OCH3 is 1. The fourth-order valence-corrected chi connectivity index (χ4v) is 2.14. The second-order valence-electron chi connectivity index (χ2n) is 5.59. The second-order valence-corrected chi connectivity index (χ2v) is 5.59. The molecular formula is C17H25N3O6. The summed E-state index contributed by atoms with van der Waals surface area (Å²) in [5.41, 5.74) is -0.548. The van der Waals surface area contributed by atoms with Gasteiger partial charge in [-0.3, -0.25) is 19.7 Å². The Morgan fingerprint density at radius 2 is 1.96 bits per heavy atom. The summed E-state index contributed by atoms with van der Waals surface area (Å²) in [6.45, 7) is 5.92. The number of nitro groups is 1. The topological polar surface area (TPSA) is 120 Å². The molecule has 0 saturated carbocycles. The molecule has 0 spiro atoms. The summed E-state index contributed by atoms with van der Waals surface area (Å²) in [7, 11) is 1.38. The number of carbonyl (C=O) groups excluding carboxylic acids is 2. The fraction of sp³-hybridized carbons (Fsp3) is 0.529. The van der Waals surface area contributed by atoms with Gasteiger partial charge in [0, 0.05) is 25.1 Å². The zero-order chi connectivity index (χ0) is 19.7. The average Bonchev–Trinajstić information content (AvgIpc) is 2.61. The minimum atomic E-state index is -0.660. The Hall–Kier alpha value is -2.84. The highest BCUT2D eigenvalue weighted by Gasteiger charge is 2.24. The molecule has 0 aliphatic rings. The quantitative estimate of drug-likeness (QED) is 0.482. The molecule has 9 heteroatoms. The van der Waals surface area contributed by atoms with Gasteiger partial charge < -0.3 is 20.1 Å². The Labute approximate surface area is 152 Å². The molecule has 0 heterocycles. The molecule has 144 valence electrons. The van der Waals surface area contributed by atoms with Crippen molar-refractivity contribution >= 4 is 17.5 Å². The smallest absolute Gasteiger partial charge is 0.286 e. The molecular weight excluding hydrogens is 342 g/mol. The Balaban J connectivity index is 2.87. The maximum Gasteiger partial charge on any atom is 0.286 e. The molecule has 0 bridgehead atoms. The molecule has 9 nitrogen and oxygen atoms in total. The number of nitrogens with zero attached hydrogens (tertiary/aromatic N) is 1. The van der Waals surface area contributed by atoms with Crippen LogP contribution in [0.2, 0.25) is 0 Å². The molecule has 0 saturated heterocycles. The van der Waals surface area contributed by atoms with Gasteiger partial charge in [-0.25, -0.2) is 0 Å². The number of nitrogens with one attached hydrogen (secondary N) is 2. The third kappa shape index (κ3) is 5.91. The van der Waals surface area contributed by atoms with Crippen LogP contribution in [0.1, 0.15) is 44.0 Å². The molecule has 1 aromatic carbocycles. The monoisotopic (exact) mass is 367 g/mol. The van der Waals surface area contributed by atoms with Crippen LogP contribution < -0.4 is 20.1 Å². The van der Waals surface area contributed by atoms with Crippen LogP contribution in [-0.4, -0.2) is 43.0 Å². The summed E-state index contributed by atoms with van der Waals surface area (Å²) in [5.74, 6) is -0.448. The van der Waals surface area contributed by atoms with Gasteiger partial charge in [0.2, 0.25) is 5.91 Å². The summed E-state index contributed by atoms with van der Waals surface area (Å²) in [5, 5.41) is 16.6. The molecule has 0 aliphatic heterocycles. The van der Waals surface area contributed by atoms with E-state index >= 15 is 0 Å². The average molecular weight is 367 g/mol. The van der Waals surface area contributed by atoms with E-state index in [2.05, 4.69) is 10.6 Å². The molecule has 0 aliphatic carbocycles. The van der Waals surface area contributed by atoms with Crippen molar-refractivity contribution in [1.29, 1.82) is 0 Å². The lowest BCUT2D eigenvalue weighted by Gasteiger charge is -2.13. The first-order valence-electron chi connectivity index (χ1n) is 8.40. The number of benzene rings is 1. The molecule has 2 amide bonds. The lowest BCUT2D eigenvalue weighted by molar-refractivity contribution is -0.385. The van der Waals surface area contributed by atoms with Crippen molar-refractivity contribution in [3.05, 3.63) is 27.8 Å². The SMILES string of the molecule is CCOc1cc([N+](=O)[O-])c(C(=O)NCCC(=O)NC(C)CC)cc1OC. The standard InChI is InChI=1S/C17H25N3O6/c1-5-11(3)19-16(21)7-8-18-17(22)12-9-14(25-4)15(26-6-2)10-13(12)20(23)24/h9-11H,5-8H2,1-4H3,(H,18,22)(H,19,21). The van der Waals surface area contributed by atoms with Gasteiger partial charge in [-0.15, -0.1) is 0 Å². The van der Waals surface area contributed by atoms with Crippen molar-refractivity contribution in [2.45, 2.75) is 39.7 Å². The molecule has 0 aromatic heterocycles. The third-order valence-electron chi connectivity index (χ3n) is 3.68. The maximum atomic E-state index is 12.3. The van der Waals surface area contributed by atoms with Crippen LogP contribution in [0.3, 0.4) is 0 Å². The van der Waals surface area contributed by atoms with E-state index in [0.717, 1.165) is 12.5 Å². The first kappa shape index (κ1) is 21.2. The highest BCUT2D eigenvalue weighted by Crippen LogP contribution is 2.34. The van der Waals surface area contributed by atoms with Crippen molar-refractivity contribution in [1.82, 2.24) is 10.6 Å². The fourth-order valence-electron chi connectivity index (χ4n) is 2.14. The van der Waals surface area contributed by atoms with Gasteiger partial charge in [0.1, 0.15) is 5.56 Å². The highest BCUT2D eigenvalue weighted by molar-refractivity contribution is 5.99. The van der Waals surface area contributed by atoms with Gasteiger partial charge in [-0.05, 0) is 20.3 Å². The van der Waals surface area contributed by atoms with Crippen LogP contribution in [0.25, 0.3) is 0 Å². The summed E-state index contributed by atoms with van der Waals surface area (Å²) < 4.78 is 10.4. The Kier molecular flexibility index (Phi) is 8.33. The van der Waals surface area contributed by atoms with Crippen LogP contribution in [-0.2, 0) is 4.79 Å². The number of amides is 2. The number of hydrogen-bond donors (Lipinski definition) is 2. The minimum absolute atomic E-state index is 0.0506. The van der Waals surface area contributed by atoms with E-state index in [0.29, 0.717) is 6.61 Å². The number of nitro benzene ring substituents is 1. The van der Waals surface area contributed by atoms with Crippen molar-refractivity contribution in [3.63, 3.8) is 0 Å². The van der Waals surface area contributed by atoms with Crippen LogP contribution in [0.4, 0.5) is 5.69 Å². The minimum Gasteiger partial charge on any atom is -0.493 e. The third-order valence-corrected chi connectivity index (χ3v) is 3.68. The van der Waals surface area contributed by atoms with E-state index in [4.69, 9.17) is 9.47 Å². The lowest BCUT2D eigenvalue weighted by atomic mass is 10.1. The Morgan fingerprint density at radius 3 is 2.50 bits per heavy atom. The molecule has 1 aromatic rings. The van der Waals surface area contributed by atoms with E-state index in [-0.39, 0.29) is 42.0 Å². The Morgan fingerprint density at radius 1 is 1.27 bits per heavy atom. The van der Waals surface area contributed by atoms with Crippen molar-refractivity contribution in [2.75, 3.05) is 20.3 Å². The lowest BCUT2D eigenvalue weighted by Crippen LogP contribution is -2.35. The van der Waals surface area contributed by atoms with E-state index < -0.39 is 16.5 Å². The summed E-state index contributed by atoms with van der Waals surface area (Å²) in [6, 6.07) is 2.47. The first-order valence-corrected chi connectivity index (χ1v) is 8.40. The van der Waals surface area contributed by atoms with Crippen LogP contribution in [0.5, 0.6) is 11.5 Å². The summed E-state index contributed by atoms with van der Waals surface area (Å²) in [6.07, 6.45) is 0.883. The van der Waals surface area contributed by atoms with Crippen LogP contribution in [0, 0.1) is 10.1 Å². The molecule has 2 N–H and O–H groups in total. The number of rotatable bonds is 10. The van der Waals surface area contributed by atoms with E-state index in [1.807, 2.05) is 13.8 Å². The largest absolute Gasteiger partial charge is 0.493 e. The number of ether oxygens (including phenoxy) is 2. The van der Waals surface area contributed by atoms with Gasteiger partial charge in [0.25, 0.3) is 11.6 Å². The van der Waals surface area contributed by atoms with Gasteiger partial charge in [0.05, 0.1) is 24.7 Å². The zero-order valence-electron chi connectivity index (χ0n) is 15.5. The van der Waals surface area contributed by atoms with Gasteiger partial charge in [-0.2, -0.15) is 0 Å².